The first-order chi connectivity index (χ1) is 15.9. The summed E-state index contributed by atoms with van der Waals surface area (Å²) in [5.41, 5.74) is 2.07. The summed E-state index contributed by atoms with van der Waals surface area (Å²) in [6.07, 6.45) is 5.37. The molecule has 0 radical (unpaired) electrons. The van der Waals surface area contributed by atoms with E-state index in [9.17, 15) is 4.79 Å². The molecule has 0 fully saturated rings. The SMILES string of the molecule is COC[C@H](C)Oc1cc(C=Cc2cccc(OC)c2OC)cc(C(=O)Nc2ccn(C)n2)c1. The van der Waals surface area contributed by atoms with E-state index < -0.39 is 0 Å². The smallest absolute Gasteiger partial charge is 0.257 e. The maximum Gasteiger partial charge on any atom is 0.257 e. The normalized spacial score (nSPS) is 11.9. The molecule has 33 heavy (non-hydrogen) atoms. The van der Waals surface area contributed by atoms with Crippen molar-refractivity contribution in [3.63, 3.8) is 0 Å². The molecule has 1 atom stereocenters. The van der Waals surface area contributed by atoms with E-state index in [4.69, 9.17) is 18.9 Å². The minimum Gasteiger partial charge on any atom is -0.493 e. The third-order valence-electron chi connectivity index (χ3n) is 4.77. The van der Waals surface area contributed by atoms with Gasteiger partial charge in [0, 0.05) is 37.5 Å². The average Bonchev–Trinajstić information content (AvgIpc) is 3.21. The van der Waals surface area contributed by atoms with Crippen LogP contribution in [0, 0.1) is 0 Å². The van der Waals surface area contributed by atoms with Crippen molar-refractivity contribution in [2.45, 2.75) is 13.0 Å². The number of hydrogen-bond donors (Lipinski definition) is 1. The molecule has 174 valence electrons. The predicted octanol–water partition coefficient (Wildman–Crippen LogP) is 4.27. The van der Waals surface area contributed by atoms with Crippen LogP contribution in [0.5, 0.6) is 17.2 Å². The van der Waals surface area contributed by atoms with Gasteiger partial charge >= 0.3 is 0 Å². The highest BCUT2D eigenvalue weighted by atomic mass is 16.5. The Labute approximate surface area is 193 Å². The number of methoxy groups -OCH3 is 3. The number of benzene rings is 2. The van der Waals surface area contributed by atoms with E-state index >= 15 is 0 Å². The quantitative estimate of drug-likeness (QED) is 0.464. The molecule has 1 aromatic heterocycles. The van der Waals surface area contributed by atoms with Gasteiger partial charge in [-0.15, -0.1) is 0 Å². The van der Waals surface area contributed by atoms with Crippen LogP contribution in [0.15, 0.2) is 48.7 Å². The summed E-state index contributed by atoms with van der Waals surface area (Å²) in [6.45, 7) is 2.33. The second kappa shape index (κ2) is 11.2. The van der Waals surface area contributed by atoms with Gasteiger partial charge < -0.3 is 24.3 Å². The molecule has 0 unspecified atom stereocenters. The molecule has 0 aliphatic carbocycles. The summed E-state index contributed by atoms with van der Waals surface area (Å²) >= 11 is 0. The Bertz CT molecular complexity index is 1120. The highest BCUT2D eigenvalue weighted by Crippen LogP contribution is 2.32. The highest BCUT2D eigenvalue weighted by molar-refractivity contribution is 6.04. The summed E-state index contributed by atoms with van der Waals surface area (Å²) < 4.78 is 23.6. The fourth-order valence-electron chi connectivity index (χ4n) is 3.32. The summed E-state index contributed by atoms with van der Waals surface area (Å²) in [4.78, 5) is 12.9. The molecule has 1 amide bonds. The van der Waals surface area contributed by atoms with Crippen molar-refractivity contribution >= 4 is 23.9 Å². The van der Waals surface area contributed by atoms with Crippen molar-refractivity contribution in [2.24, 2.45) is 7.05 Å². The lowest BCUT2D eigenvalue weighted by molar-refractivity contribution is 0.0917. The van der Waals surface area contributed by atoms with E-state index in [1.54, 1.807) is 57.5 Å². The molecule has 0 saturated carbocycles. The maximum atomic E-state index is 12.9. The monoisotopic (exact) mass is 451 g/mol. The topological polar surface area (TPSA) is 83.8 Å². The molecule has 0 spiro atoms. The van der Waals surface area contributed by atoms with Crippen LogP contribution >= 0.6 is 0 Å². The van der Waals surface area contributed by atoms with Gasteiger partial charge in [-0.1, -0.05) is 24.3 Å². The molecule has 3 aromatic rings. The van der Waals surface area contributed by atoms with Crippen molar-refractivity contribution in [3.05, 3.63) is 65.4 Å². The molecule has 2 aromatic carbocycles. The number of amides is 1. The van der Waals surface area contributed by atoms with Crippen LogP contribution in [-0.2, 0) is 11.8 Å². The van der Waals surface area contributed by atoms with E-state index in [0.717, 1.165) is 11.1 Å². The lowest BCUT2D eigenvalue weighted by Gasteiger charge is -2.15. The van der Waals surface area contributed by atoms with Crippen LogP contribution in [0.3, 0.4) is 0 Å². The van der Waals surface area contributed by atoms with Gasteiger partial charge in [0.15, 0.2) is 17.3 Å². The third kappa shape index (κ3) is 6.36. The lowest BCUT2D eigenvalue weighted by Crippen LogP contribution is -2.19. The number of nitrogens with one attached hydrogen (secondary N) is 1. The van der Waals surface area contributed by atoms with Gasteiger partial charge in [-0.05, 0) is 36.8 Å². The number of aromatic nitrogens is 2. The van der Waals surface area contributed by atoms with Crippen LogP contribution in [0.4, 0.5) is 5.82 Å². The molecule has 0 aliphatic rings. The Hall–Kier alpha value is -3.78. The number of hydrogen-bond acceptors (Lipinski definition) is 6. The van der Waals surface area contributed by atoms with E-state index in [-0.39, 0.29) is 12.0 Å². The van der Waals surface area contributed by atoms with Gasteiger partial charge in [0.25, 0.3) is 5.91 Å². The summed E-state index contributed by atoms with van der Waals surface area (Å²) in [5.74, 6) is 2.02. The molecule has 0 aliphatic heterocycles. The summed E-state index contributed by atoms with van der Waals surface area (Å²) in [6, 6.07) is 12.7. The first-order valence-corrected chi connectivity index (χ1v) is 10.4. The molecule has 3 rings (SSSR count). The molecule has 1 N–H and O–H groups in total. The van der Waals surface area contributed by atoms with Crippen LogP contribution in [0.1, 0.15) is 28.4 Å². The zero-order valence-electron chi connectivity index (χ0n) is 19.5. The fraction of sp³-hybridized carbons (Fsp3) is 0.280. The Morgan fingerprint density at radius 3 is 2.61 bits per heavy atom. The van der Waals surface area contributed by atoms with Gasteiger partial charge in [-0.2, -0.15) is 5.10 Å². The zero-order chi connectivity index (χ0) is 23.8. The van der Waals surface area contributed by atoms with Crippen LogP contribution in [0.25, 0.3) is 12.2 Å². The minimum absolute atomic E-state index is 0.181. The van der Waals surface area contributed by atoms with Crippen LogP contribution in [0.2, 0.25) is 0 Å². The summed E-state index contributed by atoms with van der Waals surface area (Å²) in [7, 11) is 6.60. The van der Waals surface area contributed by atoms with Crippen molar-refractivity contribution < 1.29 is 23.7 Å². The van der Waals surface area contributed by atoms with Crippen LogP contribution < -0.4 is 19.5 Å². The Morgan fingerprint density at radius 1 is 1.12 bits per heavy atom. The number of carbonyl (C=O) groups excluding carboxylic acids is 1. The van der Waals surface area contributed by atoms with Crippen LogP contribution in [-0.4, -0.2) is 49.7 Å². The number of anilines is 1. The van der Waals surface area contributed by atoms with E-state index in [1.165, 1.54) is 0 Å². The van der Waals surface area contributed by atoms with Crippen molar-refractivity contribution in [2.75, 3.05) is 33.3 Å². The molecule has 1 heterocycles. The lowest BCUT2D eigenvalue weighted by atomic mass is 10.1. The number of aryl methyl sites for hydroxylation is 1. The number of nitrogens with zero attached hydrogens (tertiary/aromatic N) is 2. The van der Waals surface area contributed by atoms with E-state index in [1.807, 2.05) is 43.3 Å². The molecule has 8 nitrogen and oxygen atoms in total. The van der Waals surface area contributed by atoms with E-state index in [2.05, 4.69) is 10.4 Å². The number of carbonyl (C=O) groups is 1. The number of ether oxygens (including phenoxy) is 4. The predicted molar refractivity (Wildman–Crippen MR) is 128 cm³/mol. The summed E-state index contributed by atoms with van der Waals surface area (Å²) in [5, 5.41) is 7.01. The first kappa shape index (κ1) is 23.9. The van der Waals surface area contributed by atoms with Gasteiger partial charge in [0.1, 0.15) is 11.9 Å². The zero-order valence-corrected chi connectivity index (χ0v) is 19.5. The van der Waals surface area contributed by atoms with Crippen molar-refractivity contribution in [3.8, 4) is 17.2 Å². The second-order valence-corrected chi connectivity index (χ2v) is 7.42. The minimum atomic E-state index is -0.285. The first-order valence-electron chi connectivity index (χ1n) is 10.4. The molecular formula is C25H29N3O5. The average molecular weight is 452 g/mol. The van der Waals surface area contributed by atoms with Gasteiger partial charge in [-0.3, -0.25) is 9.48 Å². The third-order valence-corrected chi connectivity index (χ3v) is 4.77. The van der Waals surface area contributed by atoms with E-state index in [0.29, 0.717) is 35.2 Å². The van der Waals surface area contributed by atoms with Gasteiger partial charge in [0.2, 0.25) is 0 Å². The maximum absolute atomic E-state index is 12.9. The van der Waals surface area contributed by atoms with Crippen molar-refractivity contribution in [1.82, 2.24) is 9.78 Å². The largest absolute Gasteiger partial charge is 0.493 e. The Morgan fingerprint density at radius 2 is 1.94 bits per heavy atom. The van der Waals surface area contributed by atoms with Gasteiger partial charge in [-0.25, -0.2) is 0 Å². The number of rotatable bonds is 10. The van der Waals surface area contributed by atoms with Gasteiger partial charge in [0.05, 0.1) is 20.8 Å². The highest BCUT2D eigenvalue weighted by Gasteiger charge is 2.13. The second-order valence-electron chi connectivity index (χ2n) is 7.42. The molecule has 0 saturated heterocycles. The molecular weight excluding hydrogens is 422 g/mol. The van der Waals surface area contributed by atoms with Crippen molar-refractivity contribution in [1.29, 1.82) is 0 Å². The Kier molecular flexibility index (Phi) is 8.10. The standard InChI is InChI=1S/C25H29N3O5/c1-17(16-30-3)33-21-14-18(9-10-19-7-6-8-22(31-4)24(19)32-5)13-20(15-21)25(29)26-23-11-12-28(2)27-23/h6-15,17H,16H2,1-5H3,(H,26,27,29)/t17-/m0/s1. The molecule has 8 heteroatoms. The molecule has 0 bridgehead atoms. The fourth-order valence-corrected chi connectivity index (χ4v) is 3.32. The Balaban J connectivity index is 1.93. The number of para-hydroxylation sites is 1.